The number of hydrogen-bond donors (Lipinski definition) is 1. The Morgan fingerprint density at radius 1 is 0.614 bits per heavy atom. The number of fused-ring (bicyclic) bond motifs is 4. The van der Waals surface area contributed by atoms with Crippen molar-refractivity contribution >= 4 is 33.4 Å². The Morgan fingerprint density at radius 2 is 1.16 bits per heavy atom. The molecule has 220 valence electrons. The first-order valence-electron chi connectivity index (χ1n) is 15.3. The molecule has 1 aliphatic rings. The molecule has 1 aliphatic heterocycles. The minimum absolute atomic E-state index is 0.0423. The summed E-state index contributed by atoms with van der Waals surface area (Å²) in [4.78, 5) is 15.9. The molecule has 0 radical (unpaired) electrons. The number of hydrogen-bond acceptors (Lipinski definition) is 2. The normalized spacial score (nSPS) is 15.4. The third-order valence-corrected chi connectivity index (χ3v) is 9.02. The Bertz CT molecular complexity index is 1980. The van der Waals surface area contributed by atoms with Crippen molar-refractivity contribution in [3.63, 3.8) is 0 Å². The van der Waals surface area contributed by atoms with Crippen molar-refractivity contribution in [2.24, 2.45) is 0 Å². The van der Waals surface area contributed by atoms with Gasteiger partial charge < -0.3 is 9.67 Å². The van der Waals surface area contributed by atoms with E-state index in [1.165, 1.54) is 16.0 Å². The van der Waals surface area contributed by atoms with Crippen LogP contribution in [0.15, 0.2) is 109 Å². The van der Waals surface area contributed by atoms with E-state index in [0.29, 0.717) is 16.8 Å². The SMILES string of the molecule is CC(C)(C)c1ccc2c3ccc(C(C)(C)C)cc3n(-c3cccc4c3C(=O)N(c3ccc(-c5ccccc5)cc3)C4O)c2c1. The van der Waals surface area contributed by atoms with E-state index in [1.54, 1.807) is 0 Å². The smallest absolute Gasteiger partial charge is 0.263 e. The minimum Gasteiger partial charge on any atom is -0.369 e. The second kappa shape index (κ2) is 9.93. The molecule has 5 aromatic carbocycles. The van der Waals surface area contributed by atoms with E-state index >= 15 is 0 Å². The fourth-order valence-corrected chi connectivity index (χ4v) is 6.48. The number of aliphatic hydroxyl groups excluding tert-OH is 1. The zero-order valence-electron chi connectivity index (χ0n) is 26.2. The Hall–Kier alpha value is -4.67. The molecule has 0 aliphatic carbocycles. The van der Waals surface area contributed by atoms with Crippen molar-refractivity contribution in [1.82, 2.24) is 4.57 Å². The molecule has 1 N–H and O–H groups in total. The van der Waals surface area contributed by atoms with E-state index < -0.39 is 6.23 Å². The van der Waals surface area contributed by atoms with E-state index in [4.69, 9.17) is 0 Å². The first-order valence-corrected chi connectivity index (χ1v) is 15.3. The van der Waals surface area contributed by atoms with Gasteiger partial charge in [0.2, 0.25) is 0 Å². The average Bonchev–Trinajstić information content (AvgIpc) is 3.47. The highest BCUT2D eigenvalue weighted by Crippen LogP contribution is 2.43. The number of amides is 1. The molecule has 1 amide bonds. The zero-order valence-corrected chi connectivity index (χ0v) is 26.2. The maximum absolute atomic E-state index is 14.4. The number of carbonyl (C=O) groups excluding carboxylic acids is 1. The van der Waals surface area contributed by atoms with Crippen LogP contribution in [0.25, 0.3) is 38.6 Å². The van der Waals surface area contributed by atoms with Crippen LogP contribution in [0.5, 0.6) is 0 Å². The molecule has 0 saturated carbocycles. The highest BCUT2D eigenvalue weighted by molar-refractivity contribution is 6.15. The van der Waals surface area contributed by atoms with Gasteiger partial charge in [-0.15, -0.1) is 0 Å². The summed E-state index contributed by atoms with van der Waals surface area (Å²) in [7, 11) is 0. The fourth-order valence-electron chi connectivity index (χ4n) is 6.48. The van der Waals surface area contributed by atoms with Crippen LogP contribution in [0.2, 0.25) is 0 Å². The van der Waals surface area contributed by atoms with E-state index in [1.807, 2.05) is 60.7 Å². The first-order chi connectivity index (χ1) is 20.9. The second-order valence-corrected chi connectivity index (χ2v) is 14.0. The molecule has 1 atom stereocenters. The Labute approximate surface area is 259 Å². The lowest BCUT2D eigenvalue weighted by Gasteiger charge is -2.21. The maximum Gasteiger partial charge on any atom is 0.263 e. The molecule has 44 heavy (non-hydrogen) atoms. The number of aromatic nitrogens is 1. The van der Waals surface area contributed by atoms with Gasteiger partial charge in [-0.3, -0.25) is 9.69 Å². The molecule has 7 rings (SSSR count). The number of nitrogens with zero attached hydrogens (tertiary/aromatic N) is 2. The summed E-state index contributed by atoms with van der Waals surface area (Å²) in [5.74, 6) is -0.204. The second-order valence-electron chi connectivity index (χ2n) is 14.0. The van der Waals surface area contributed by atoms with Crippen molar-refractivity contribution < 1.29 is 9.90 Å². The summed E-state index contributed by atoms with van der Waals surface area (Å²) in [5.41, 5.74) is 9.24. The van der Waals surface area contributed by atoms with E-state index in [-0.39, 0.29) is 16.7 Å². The molecule has 1 unspecified atom stereocenters. The molecule has 4 nitrogen and oxygen atoms in total. The Balaban J connectivity index is 1.43. The minimum atomic E-state index is -1.08. The van der Waals surface area contributed by atoms with Gasteiger partial charge in [0.15, 0.2) is 6.23 Å². The lowest BCUT2D eigenvalue weighted by atomic mass is 9.86. The number of rotatable bonds is 3. The van der Waals surface area contributed by atoms with Crippen molar-refractivity contribution in [3.05, 3.63) is 131 Å². The van der Waals surface area contributed by atoms with Crippen molar-refractivity contribution in [2.45, 2.75) is 58.6 Å². The molecule has 0 fully saturated rings. The third-order valence-electron chi connectivity index (χ3n) is 9.02. The standard InChI is InChI=1S/C40H38N2O2/c1-39(2,3)27-17-21-30-31-22-18-28(40(4,5)6)24-35(31)42(34(30)23-27)33-14-10-13-32-36(33)38(44)41(37(32)43)29-19-15-26(16-20-29)25-11-8-7-9-12-25/h7-24,37,43H,1-6H3. The summed E-state index contributed by atoms with van der Waals surface area (Å²) < 4.78 is 2.24. The summed E-state index contributed by atoms with van der Waals surface area (Å²) in [5, 5.41) is 13.9. The maximum atomic E-state index is 14.4. The van der Waals surface area contributed by atoms with Crippen LogP contribution in [0, 0.1) is 0 Å². The largest absolute Gasteiger partial charge is 0.369 e. The van der Waals surface area contributed by atoms with Gasteiger partial charge in [0.25, 0.3) is 5.91 Å². The van der Waals surface area contributed by atoms with Crippen molar-refractivity contribution in [1.29, 1.82) is 0 Å². The lowest BCUT2D eigenvalue weighted by molar-refractivity contribution is 0.0935. The molecule has 0 spiro atoms. The monoisotopic (exact) mass is 578 g/mol. The predicted molar refractivity (Wildman–Crippen MR) is 182 cm³/mol. The molecule has 6 aromatic rings. The van der Waals surface area contributed by atoms with E-state index in [0.717, 1.165) is 38.6 Å². The topological polar surface area (TPSA) is 45.5 Å². The molecular formula is C40H38N2O2. The van der Waals surface area contributed by atoms with Gasteiger partial charge >= 0.3 is 0 Å². The number of anilines is 1. The lowest BCUT2D eigenvalue weighted by Crippen LogP contribution is -2.27. The van der Waals surface area contributed by atoms with Gasteiger partial charge in [-0.05, 0) is 63.4 Å². The molecule has 4 heteroatoms. The number of benzene rings is 5. The Kier molecular flexibility index (Phi) is 6.35. The molecule has 0 bridgehead atoms. The highest BCUT2D eigenvalue weighted by atomic mass is 16.3. The quantitative estimate of drug-likeness (QED) is 0.227. The van der Waals surface area contributed by atoms with Gasteiger partial charge in [-0.2, -0.15) is 0 Å². The summed E-state index contributed by atoms with van der Waals surface area (Å²) >= 11 is 0. The van der Waals surface area contributed by atoms with Crippen LogP contribution in [0.4, 0.5) is 5.69 Å². The van der Waals surface area contributed by atoms with Crippen LogP contribution >= 0.6 is 0 Å². The van der Waals surface area contributed by atoms with Gasteiger partial charge in [0.1, 0.15) is 0 Å². The van der Waals surface area contributed by atoms with Crippen molar-refractivity contribution in [2.75, 3.05) is 4.90 Å². The van der Waals surface area contributed by atoms with Gasteiger partial charge in [0, 0.05) is 22.0 Å². The van der Waals surface area contributed by atoms with Crippen molar-refractivity contribution in [3.8, 4) is 16.8 Å². The average molecular weight is 579 g/mol. The predicted octanol–water partition coefficient (Wildman–Crippen LogP) is 9.70. The van der Waals surface area contributed by atoms with Crippen LogP contribution in [0.1, 0.15) is 74.8 Å². The fraction of sp³-hybridized carbons (Fsp3) is 0.225. The summed E-state index contributed by atoms with van der Waals surface area (Å²) in [6.07, 6.45) is -1.08. The molecule has 1 aromatic heterocycles. The highest BCUT2D eigenvalue weighted by Gasteiger charge is 2.39. The summed E-state index contributed by atoms with van der Waals surface area (Å²) in [6, 6.07) is 37.2. The van der Waals surface area contributed by atoms with Crippen LogP contribution in [-0.2, 0) is 10.8 Å². The van der Waals surface area contributed by atoms with Crippen LogP contribution in [-0.4, -0.2) is 15.6 Å². The van der Waals surface area contributed by atoms with Gasteiger partial charge in [-0.1, -0.05) is 120 Å². The number of carbonyl (C=O) groups is 1. The van der Waals surface area contributed by atoms with Gasteiger partial charge in [-0.25, -0.2) is 0 Å². The van der Waals surface area contributed by atoms with E-state index in [2.05, 4.69) is 94.6 Å². The van der Waals surface area contributed by atoms with Crippen LogP contribution < -0.4 is 4.90 Å². The van der Waals surface area contributed by atoms with Crippen LogP contribution in [0.3, 0.4) is 0 Å². The third kappa shape index (κ3) is 4.44. The Morgan fingerprint density at radius 3 is 1.70 bits per heavy atom. The first kappa shape index (κ1) is 28.1. The number of aliphatic hydroxyl groups is 1. The molecular weight excluding hydrogens is 540 g/mol. The zero-order chi connectivity index (χ0) is 31.0. The van der Waals surface area contributed by atoms with E-state index in [9.17, 15) is 9.90 Å². The van der Waals surface area contributed by atoms with Gasteiger partial charge in [0.05, 0.1) is 22.3 Å². The molecule has 2 heterocycles. The molecule has 0 saturated heterocycles. The summed E-state index contributed by atoms with van der Waals surface area (Å²) in [6.45, 7) is 13.3.